The molecule has 0 saturated carbocycles. The molecule has 2 N–H and O–H groups in total. The molecule has 0 radical (unpaired) electrons. The van der Waals surface area contributed by atoms with Crippen LogP contribution in [0.25, 0.3) is 0 Å². The Morgan fingerprint density at radius 1 is 1.13 bits per heavy atom. The van der Waals surface area contributed by atoms with Gasteiger partial charge in [0, 0.05) is 18.3 Å². The molecule has 0 spiro atoms. The predicted molar refractivity (Wildman–Crippen MR) is 93.5 cm³/mol. The first-order chi connectivity index (χ1) is 10.8. The minimum atomic E-state index is -0.435. The molecule has 0 fully saturated rings. The maximum absolute atomic E-state index is 12.4. The molecule has 0 aliphatic heterocycles. The molecule has 122 valence electrons. The van der Waals surface area contributed by atoms with Crippen molar-refractivity contribution in [3.05, 3.63) is 40.1 Å². The minimum Gasteiger partial charge on any atom is -0.326 e. The smallest absolute Gasteiger partial charge is 0.248 e. The Bertz CT molecular complexity index is 737. The van der Waals surface area contributed by atoms with Gasteiger partial charge in [-0.05, 0) is 61.0 Å². The van der Waals surface area contributed by atoms with Crippen molar-refractivity contribution in [1.82, 2.24) is 9.78 Å². The first-order valence-electron chi connectivity index (χ1n) is 7.19. The number of nitrogens with one attached hydrogen (secondary N) is 2. The highest BCUT2D eigenvalue weighted by molar-refractivity contribution is 9.10. The summed E-state index contributed by atoms with van der Waals surface area (Å²) in [6.45, 7) is 7.05. The molecule has 2 aromatic rings. The van der Waals surface area contributed by atoms with Crippen LogP contribution in [0.3, 0.4) is 0 Å². The van der Waals surface area contributed by atoms with Crippen LogP contribution >= 0.6 is 15.9 Å². The summed E-state index contributed by atoms with van der Waals surface area (Å²) in [5.74, 6) is -0.291. The Balaban J connectivity index is 2.09. The zero-order valence-electron chi connectivity index (χ0n) is 13.5. The quantitative estimate of drug-likeness (QED) is 0.855. The van der Waals surface area contributed by atoms with E-state index in [1.807, 2.05) is 13.8 Å². The van der Waals surface area contributed by atoms with Crippen LogP contribution in [0.2, 0.25) is 0 Å². The zero-order valence-corrected chi connectivity index (χ0v) is 15.1. The maximum Gasteiger partial charge on any atom is 0.248 e. The number of halogens is 1. The monoisotopic (exact) mass is 378 g/mol. The Hall–Kier alpha value is -2.15. The summed E-state index contributed by atoms with van der Waals surface area (Å²) >= 11 is 3.46. The number of carbonyl (C=O) groups is 2. The summed E-state index contributed by atoms with van der Waals surface area (Å²) in [7, 11) is 0. The lowest BCUT2D eigenvalue weighted by Gasteiger charge is -2.15. The highest BCUT2D eigenvalue weighted by atomic mass is 79.9. The average Bonchev–Trinajstić information content (AvgIpc) is 2.75. The summed E-state index contributed by atoms with van der Waals surface area (Å²) < 4.78 is 2.61. The summed E-state index contributed by atoms with van der Waals surface area (Å²) in [6, 6.07) is 6.53. The Labute approximate surface area is 143 Å². The van der Waals surface area contributed by atoms with E-state index in [0.29, 0.717) is 11.4 Å². The molecule has 2 rings (SSSR count). The van der Waals surface area contributed by atoms with Gasteiger partial charge in [0.05, 0.1) is 15.9 Å². The van der Waals surface area contributed by atoms with Crippen LogP contribution < -0.4 is 10.6 Å². The van der Waals surface area contributed by atoms with Crippen molar-refractivity contribution < 1.29 is 9.59 Å². The van der Waals surface area contributed by atoms with Crippen LogP contribution in [0.4, 0.5) is 11.4 Å². The van der Waals surface area contributed by atoms with Crippen LogP contribution in [-0.2, 0) is 9.59 Å². The van der Waals surface area contributed by atoms with E-state index in [9.17, 15) is 9.59 Å². The van der Waals surface area contributed by atoms with Crippen LogP contribution in [-0.4, -0.2) is 21.6 Å². The molecule has 1 aromatic carbocycles. The standard InChI is InChI=1S/C16H19BrN4O2/c1-9-15(17)10(2)21(20-9)11(3)16(23)19-14-7-5-13(6-8-14)18-12(4)22/h5-8,11H,1-4H3,(H,18,22)(H,19,23). The van der Waals surface area contributed by atoms with Gasteiger partial charge in [0.1, 0.15) is 6.04 Å². The summed E-state index contributed by atoms with van der Waals surface area (Å²) in [5, 5.41) is 9.91. The molecule has 1 atom stereocenters. The summed E-state index contributed by atoms with van der Waals surface area (Å²) in [5.41, 5.74) is 3.11. The Morgan fingerprint density at radius 2 is 1.65 bits per heavy atom. The molecule has 0 bridgehead atoms. The van der Waals surface area contributed by atoms with Crippen molar-refractivity contribution in [1.29, 1.82) is 0 Å². The van der Waals surface area contributed by atoms with Crippen LogP contribution in [0, 0.1) is 13.8 Å². The molecule has 6 nitrogen and oxygen atoms in total. The van der Waals surface area contributed by atoms with Gasteiger partial charge in [0.15, 0.2) is 0 Å². The number of carbonyl (C=O) groups excluding carboxylic acids is 2. The fraction of sp³-hybridized carbons (Fsp3) is 0.312. The Kier molecular flexibility index (Phi) is 5.20. The third-order valence-electron chi connectivity index (χ3n) is 3.46. The van der Waals surface area contributed by atoms with Gasteiger partial charge in [-0.1, -0.05) is 0 Å². The lowest BCUT2D eigenvalue weighted by atomic mass is 10.2. The fourth-order valence-corrected chi connectivity index (χ4v) is 2.48. The van der Waals surface area contributed by atoms with E-state index in [1.165, 1.54) is 6.92 Å². The minimum absolute atomic E-state index is 0.134. The second kappa shape index (κ2) is 6.95. The first kappa shape index (κ1) is 17.2. The maximum atomic E-state index is 12.4. The van der Waals surface area contributed by atoms with Crippen molar-refractivity contribution >= 4 is 39.1 Å². The van der Waals surface area contributed by atoms with E-state index >= 15 is 0 Å². The topological polar surface area (TPSA) is 76.0 Å². The molecular formula is C16H19BrN4O2. The number of amides is 2. The molecule has 7 heteroatoms. The van der Waals surface area contributed by atoms with Gasteiger partial charge < -0.3 is 10.6 Å². The number of hydrogen-bond donors (Lipinski definition) is 2. The molecule has 23 heavy (non-hydrogen) atoms. The normalized spacial score (nSPS) is 11.9. The predicted octanol–water partition coefficient (Wildman–Crippen LogP) is 3.42. The lowest BCUT2D eigenvalue weighted by molar-refractivity contribution is -0.119. The average molecular weight is 379 g/mol. The number of rotatable bonds is 4. The van der Waals surface area contributed by atoms with E-state index in [2.05, 4.69) is 31.7 Å². The van der Waals surface area contributed by atoms with E-state index in [0.717, 1.165) is 15.9 Å². The molecular weight excluding hydrogens is 360 g/mol. The van der Waals surface area contributed by atoms with Crippen molar-refractivity contribution in [2.45, 2.75) is 33.7 Å². The SMILES string of the molecule is CC(=O)Nc1ccc(NC(=O)C(C)n2nc(C)c(Br)c2C)cc1. The van der Waals surface area contributed by atoms with Gasteiger partial charge in [-0.3, -0.25) is 14.3 Å². The molecule has 0 saturated heterocycles. The third-order valence-corrected chi connectivity index (χ3v) is 4.60. The van der Waals surface area contributed by atoms with Gasteiger partial charge in [0.2, 0.25) is 11.8 Å². The van der Waals surface area contributed by atoms with Gasteiger partial charge in [0.25, 0.3) is 0 Å². The van der Waals surface area contributed by atoms with Crippen LogP contribution in [0.1, 0.15) is 31.3 Å². The Morgan fingerprint density at radius 3 is 2.09 bits per heavy atom. The van der Waals surface area contributed by atoms with Gasteiger partial charge in [-0.2, -0.15) is 5.10 Å². The third kappa shape index (κ3) is 3.98. The van der Waals surface area contributed by atoms with E-state index < -0.39 is 6.04 Å². The highest BCUT2D eigenvalue weighted by Crippen LogP contribution is 2.23. The van der Waals surface area contributed by atoms with Crippen LogP contribution in [0.5, 0.6) is 0 Å². The second-order valence-corrected chi connectivity index (χ2v) is 6.15. The highest BCUT2D eigenvalue weighted by Gasteiger charge is 2.20. The van der Waals surface area contributed by atoms with E-state index in [1.54, 1.807) is 35.9 Å². The van der Waals surface area contributed by atoms with Gasteiger partial charge >= 0.3 is 0 Å². The molecule has 2 amide bonds. The van der Waals surface area contributed by atoms with Crippen molar-refractivity contribution in [2.24, 2.45) is 0 Å². The second-order valence-electron chi connectivity index (χ2n) is 5.35. The van der Waals surface area contributed by atoms with Crippen molar-refractivity contribution in [2.75, 3.05) is 10.6 Å². The number of aromatic nitrogens is 2. The number of benzene rings is 1. The number of anilines is 2. The fourth-order valence-electron chi connectivity index (χ4n) is 2.22. The number of hydrogen-bond acceptors (Lipinski definition) is 3. The number of aryl methyl sites for hydroxylation is 1. The van der Waals surface area contributed by atoms with Crippen LogP contribution in [0.15, 0.2) is 28.7 Å². The molecule has 0 aliphatic carbocycles. The largest absolute Gasteiger partial charge is 0.326 e. The van der Waals surface area contributed by atoms with E-state index in [4.69, 9.17) is 0 Å². The van der Waals surface area contributed by atoms with Gasteiger partial charge in [-0.15, -0.1) is 0 Å². The zero-order chi connectivity index (χ0) is 17.1. The lowest BCUT2D eigenvalue weighted by Crippen LogP contribution is -2.25. The molecule has 1 aromatic heterocycles. The van der Waals surface area contributed by atoms with Crippen molar-refractivity contribution in [3.8, 4) is 0 Å². The summed E-state index contributed by atoms with van der Waals surface area (Å²) in [4.78, 5) is 23.4. The van der Waals surface area contributed by atoms with Crippen molar-refractivity contribution in [3.63, 3.8) is 0 Å². The molecule has 0 aliphatic rings. The molecule has 1 unspecified atom stereocenters. The molecule has 1 heterocycles. The van der Waals surface area contributed by atoms with Gasteiger partial charge in [-0.25, -0.2) is 0 Å². The number of nitrogens with zero attached hydrogens (tertiary/aromatic N) is 2. The van der Waals surface area contributed by atoms with E-state index in [-0.39, 0.29) is 11.8 Å². The first-order valence-corrected chi connectivity index (χ1v) is 7.98. The summed E-state index contributed by atoms with van der Waals surface area (Å²) in [6.07, 6.45) is 0.